The highest BCUT2D eigenvalue weighted by Gasteiger charge is 2.23. The van der Waals surface area contributed by atoms with Crippen LogP contribution in [0.5, 0.6) is 0 Å². The lowest BCUT2D eigenvalue weighted by Gasteiger charge is -2.28. The normalized spacial score (nSPS) is 11.6. The summed E-state index contributed by atoms with van der Waals surface area (Å²) in [5, 5.41) is 30.7. The van der Waals surface area contributed by atoms with Gasteiger partial charge in [0.05, 0.1) is 5.69 Å². The van der Waals surface area contributed by atoms with Crippen LogP contribution in [0.15, 0.2) is 544 Å². The predicted molar refractivity (Wildman–Crippen MR) is 621 cm³/mol. The van der Waals surface area contributed by atoms with E-state index in [1.807, 2.05) is 34.8 Å². The molecule has 0 unspecified atom stereocenters. The number of furan rings is 1. The van der Waals surface area contributed by atoms with Crippen LogP contribution in [0.2, 0.25) is 0 Å². The van der Waals surface area contributed by atoms with Gasteiger partial charge in [-0.2, -0.15) is 0 Å². The van der Waals surface area contributed by atoms with Gasteiger partial charge < -0.3 is 19.1 Å². The summed E-state index contributed by atoms with van der Waals surface area (Å²) in [5.74, 6) is 0. The molecule has 0 atom stereocenters. The molecule has 0 saturated carbocycles. The molecule has 29 aromatic rings. The van der Waals surface area contributed by atoms with Gasteiger partial charge in [0.15, 0.2) is 0 Å². The highest BCUT2D eigenvalue weighted by molar-refractivity contribution is 7.26. The number of hydrogen-bond donors (Lipinski definition) is 0. The van der Waals surface area contributed by atoms with E-state index in [4.69, 9.17) is 4.42 Å². The van der Waals surface area contributed by atoms with Crippen LogP contribution in [0.1, 0.15) is 0 Å². The Morgan fingerprint density at radius 2 is 0.451 bits per heavy atom. The summed E-state index contributed by atoms with van der Waals surface area (Å²) in [7, 11) is 0. The third-order valence-corrected chi connectivity index (χ3v) is 31.1. The van der Waals surface area contributed by atoms with E-state index in [-0.39, 0.29) is 0 Å². The molecule has 0 spiro atoms. The van der Waals surface area contributed by atoms with E-state index in [0.717, 1.165) is 73.1 Å². The number of thiophene rings is 2. The summed E-state index contributed by atoms with van der Waals surface area (Å²) in [4.78, 5) is 7.01. The first kappa shape index (κ1) is 84.9. The smallest absolute Gasteiger partial charge is 0.136 e. The molecule has 26 aromatic carbocycles. The standard InChI is InChI=1S/C48H31NO.C48H31NS.C42H27NS/c1-3-9-32(10-4-1)33-19-24-40(25-20-33)49(39-11-5-2-6-12-39)41-26-21-34(22-27-41)36-23-28-42-37(29-36)17-15-35-16-18-38-30-47-45(31-44(38)48(35)42)43-13-7-8-14-46(43)50-47;1-3-12-32(13-4-1)40-18-7-9-20-45(40)49(38-15-5-2-6-16-38)39-17-11-14-34(29-39)35-26-27-41-36(28-35)24-22-33-23-25-37-30-44-42-19-8-10-21-46(42)50-47(44)31-43(37)48(33)41;1-3-11-33(12-4-1)43(34-13-5-2-6-14-34)35-15-9-10-29(25-35)30-22-23-36-31(24-30)20-18-28-19-21-32-26-41-39(27-38(32)42(28)36)37-16-7-8-17-40(37)44-41/h2*1-31H;1-27H. The minimum Gasteiger partial charge on any atom is -0.456 e. The minimum atomic E-state index is 0.926. The Morgan fingerprint density at radius 1 is 0.139 bits per heavy atom. The quantitative estimate of drug-likeness (QED) is 0.101. The average molecular weight is 1870 g/mol. The summed E-state index contributed by atoms with van der Waals surface area (Å²) in [6.07, 6.45) is 0. The van der Waals surface area contributed by atoms with Crippen molar-refractivity contribution in [1.29, 1.82) is 0 Å². The second kappa shape index (κ2) is 36.2. The number of rotatable bonds is 14. The number of anilines is 9. The number of para-hydroxylation sites is 6. The largest absolute Gasteiger partial charge is 0.456 e. The van der Waals surface area contributed by atoms with Crippen LogP contribution in [0.4, 0.5) is 51.2 Å². The van der Waals surface area contributed by atoms with Gasteiger partial charge in [0.2, 0.25) is 0 Å². The highest BCUT2D eigenvalue weighted by atomic mass is 32.1. The van der Waals surface area contributed by atoms with Crippen LogP contribution in [-0.2, 0) is 0 Å². The van der Waals surface area contributed by atoms with E-state index in [1.165, 1.54) is 193 Å². The number of hydrogen-bond acceptors (Lipinski definition) is 6. The Balaban J connectivity index is 0.000000108. The van der Waals surface area contributed by atoms with Crippen molar-refractivity contribution in [2.75, 3.05) is 14.7 Å². The molecule has 4 nitrogen and oxygen atoms in total. The second-order valence-corrected chi connectivity index (χ2v) is 39.5. The maximum atomic E-state index is 6.22. The zero-order chi connectivity index (χ0) is 95.1. The van der Waals surface area contributed by atoms with Crippen molar-refractivity contribution >= 4 is 233 Å². The first-order valence-electron chi connectivity index (χ1n) is 49.2. The van der Waals surface area contributed by atoms with Crippen molar-refractivity contribution in [2.24, 2.45) is 0 Å². The maximum Gasteiger partial charge on any atom is 0.136 e. The molecule has 3 aromatic heterocycles. The zero-order valence-electron chi connectivity index (χ0n) is 78.5. The highest BCUT2D eigenvalue weighted by Crippen LogP contribution is 2.49. The molecular weight excluding hydrogens is 1780 g/mol. The van der Waals surface area contributed by atoms with Crippen LogP contribution in [-0.4, -0.2) is 0 Å². The van der Waals surface area contributed by atoms with Crippen molar-refractivity contribution in [3.8, 4) is 55.6 Å². The molecule has 0 aliphatic rings. The molecule has 0 aliphatic carbocycles. The topological polar surface area (TPSA) is 22.9 Å². The Kier molecular flexibility index (Phi) is 21.3. The summed E-state index contributed by atoms with van der Waals surface area (Å²) in [6.45, 7) is 0. The van der Waals surface area contributed by atoms with Gasteiger partial charge in [-0.15, -0.1) is 22.7 Å². The Labute approximate surface area is 841 Å². The van der Waals surface area contributed by atoms with Gasteiger partial charge >= 0.3 is 0 Å². The van der Waals surface area contributed by atoms with Gasteiger partial charge in [0.25, 0.3) is 0 Å². The molecule has 674 valence electrons. The summed E-state index contributed by atoms with van der Waals surface area (Å²) in [6, 6.07) is 196. The average Bonchev–Trinajstić information content (AvgIpc) is 1.53. The van der Waals surface area contributed by atoms with Crippen LogP contribution in [0, 0.1) is 0 Å². The molecule has 0 amide bonds. The Bertz CT molecular complexity index is 9990. The monoisotopic (exact) mass is 1870 g/mol. The summed E-state index contributed by atoms with van der Waals surface area (Å²) < 4.78 is 11.6. The minimum absolute atomic E-state index is 0.926. The lowest BCUT2D eigenvalue weighted by molar-refractivity contribution is 0.669. The van der Waals surface area contributed by atoms with E-state index < -0.39 is 0 Å². The first-order chi connectivity index (χ1) is 71.3. The van der Waals surface area contributed by atoms with E-state index in [9.17, 15) is 0 Å². The van der Waals surface area contributed by atoms with Crippen molar-refractivity contribution < 1.29 is 4.42 Å². The molecule has 0 radical (unpaired) electrons. The van der Waals surface area contributed by atoms with Crippen molar-refractivity contribution in [3.05, 3.63) is 540 Å². The van der Waals surface area contributed by atoms with E-state index in [1.54, 1.807) is 0 Å². The maximum absolute atomic E-state index is 6.22. The SMILES string of the molecule is c1ccc(-c2ccc(N(c3ccccc3)c3ccc(-c4ccc5c(ccc6ccc7cc8oc9ccccc9c8cc7c65)c4)cc3)cc2)cc1.c1ccc(-c2ccccc2N(c2ccccc2)c2cccc(-c3ccc4c(ccc5ccc6cc7c(cc6c54)sc4ccccc47)c3)c2)cc1.c1ccc(N(c2ccccc2)c2cccc(-c3ccc4c(ccc5ccc6cc7sc8ccccc8c7cc6c54)c3)c2)cc1. The van der Waals surface area contributed by atoms with Gasteiger partial charge in [-0.25, -0.2) is 0 Å². The van der Waals surface area contributed by atoms with Gasteiger partial charge in [-0.3, -0.25) is 0 Å². The fraction of sp³-hybridized carbons (Fsp3) is 0. The van der Waals surface area contributed by atoms with Crippen LogP contribution in [0.25, 0.3) is 215 Å². The molecule has 0 aliphatic heterocycles. The van der Waals surface area contributed by atoms with Crippen molar-refractivity contribution in [3.63, 3.8) is 0 Å². The number of nitrogens with zero attached hydrogens (tertiary/aromatic N) is 3. The fourth-order valence-corrected chi connectivity index (χ4v) is 24.2. The van der Waals surface area contributed by atoms with E-state index >= 15 is 0 Å². The van der Waals surface area contributed by atoms with Crippen molar-refractivity contribution in [1.82, 2.24) is 0 Å². The number of fused-ring (bicyclic) bond motifs is 24. The first-order valence-corrected chi connectivity index (χ1v) is 50.8. The number of benzene rings is 26. The molecule has 144 heavy (non-hydrogen) atoms. The van der Waals surface area contributed by atoms with Gasteiger partial charge in [-0.1, -0.05) is 364 Å². The second-order valence-electron chi connectivity index (χ2n) is 37.3. The lowest BCUT2D eigenvalue weighted by atomic mass is 9.93. The van der Waals surface area contributed by atoms with Gasteiger partial charge in [0, 0.05) is 102 Å². The molecule has 0 saturated heterocycles. The zero-order valence-corrected chi connectivity index (χ0v) is 80.1. The predicted octanol–water partition coefficient (Wildman–Crippen LogP) is 40.8. The van der Waals surface area contributed by atoms with Crippen LogP contribution >= 0.6 is 22.7 Å². The third-order valence-electron chi connectivity index (χ3n) is 28.8. The fourth-order valence-electron chi connectivity index (χ4n) is 21.9. The van der Waals surface area contributed by atoms with Gasteiger partial charge in [-0.05, 0) is 323 Å². The van der Waals surface area contributed by atoms with Crippen LogP contribution in [0.3, 0.4) is 0 Å². The molecule has 0 bridgehead atoms. The van der Waals surface area contributed by atoms with Crippen LogP contribution < -0.4 is 14.7 Å². The Morgan fingerprint density at radius 3 is 0.951 bits per heavy atom. The molecule has 3 heterocycles. The van der Waals surface area contributed by atoms with Crippen molar-refractivity contribution in [2.45, 2.75) is 0 Å². The molecular formula is C138H89N3OS2. The molecule has 0 N–H and O–H groups in total. The van der Waals surface area contributed by atoms with E-state index in [0.29, 0.717) is 0 Å². The summed E-state index contributed by atoms with van der Waals surface area (Å²) in [5.41, 5.74) is 24.0. The molecule has 6 heteroatoms. The molecule has 0 fully saturated rings. The van der Waals surface area contributed by atoms with E-state index in [2.05, 4.69) is 542 Å². The molecule has 29 rings (SSSR count). The lowest BCUT2D eigenvalue weighted by Crippen LogP contribution is -2.11. The Hall–Kier alpha value is -18.3. The van der Waals surface area contributed by atoms with Gasteiger partial charge in [0.1, 0.15) is 11.2 Å². The summed E-state index contributed by atoms with van der Waals surface area (Å²) >= 11 is 3.77. The third kappa shape index (κ3) is 15.5.